The number of carboxylic acids is 1. The van der Waals surface area contributed by atoms with Crippen molar-refractivity contribution in [2.24, 2.45) is 16.7 Å². The lowest BCUT2D eigenvalue weighted by Gasteiger charge is -2.43. The molecule has 0 spiro atoms. The largest absolute Gasteiger partial charge is 0.601 e. The van der Waals surface area contributed by atoms with Gasteiger partial charge in [0.1, 0.15) is 48.1 Å². The molecular weight excluding hydrogens is 1770 g/mol. The smallest absolute Gasteiger partial charge is 0.481 e. The van der Waals surface area contributed by atoms with Crippen LogP contribution in [-0.4, -0.2) is 206 Å². The molecule has 4 N–H and O–H groups in total. The van der Waals surface area contributed by atoms with E-state index in [4.69, 9.17) is 38.3 Å². The number of aliphatic carboxylic acids is 1. The van der Waals surface area contributed by atoms with Crippen molar-refractivity contribution < 1.29 is 152 Å². The van der Waals surface area contributed by atoms with E-state index in [-0.39, 0.29) is 103 Å². The number of ether oxygens (including phenoxy) is 8. The monoisotopic (exact) mass is 1880 g/mol. The molecule has 0 saturated carbocycles. The molecule has 12 rings (SSSR count). The van der Waals surface area contributed by atoms with Crippen LogP contribution in [0.25, 0.3) is 20.2 Å². The Balaban J connectivity index is 0.000000215. The van der Waals surface area contributed by atoms with Crippen molar-refractivity contribution >= 4 is 85.1 Å². The number of rotatable bonds is 13. The first kappa shape index (κ1) is 106. The zero-order valence-electron chi connectivity index (χ0n) is 72.5. The number of carboxylic acid groups (broad SMARTS) is 1. The third-order valence-electron chi connectivity index (χ3n) is 21.0. The Bertz CT molecular complexity index is 4810. The molecule has 0 radical (unpaired) electrons. The van der Waals surface area contributed by atoms with Crippen LogP contribution in [0.3, 0.4) is 0 Å². The quantitative estimate of drug-likeness (QED) is 0.0361. The predicted molar refractivity (Wildman–Crippen MR) is 446 cm³/mol. The number of amides is 6. The van der Waals surface area contributed by atoms with E-state index in [0.717, 1.165) is 51.3 Å². The number of carbonyl (C=O) groups is 9. The summed E-state index contributed by atoms with van der Waals surface area (Å²) in [5.74, 6) is -3.84. The third kappa shape index (κ3) is 29.8. The molecular formula is C89H105F15N7O18S+. The summed E-state index contributed by atoms with van der Waals surface area (Å²) in [5.41, 5.74) is -13.3. The number of alkyl carbamates (subject to hydrolysis) is 2. The first-order valence-corrected chi connectivity index (χ1v) is 42.3. The highest BCUT2D eigenvalue weighted by Gasteiger charge is 2.65. The summed E-state index contributed by atoms with van der Waals surface area (Å²) in [6.45, 7) is 8.55. The molecule has 0 bridgehead atoms. The van der Waals surface area contributed by atoms with Gasteiger partial charge in [-0.05, 0) is 159 Å². The summed E-state index contributed by atoms with van der Waals surface area (Å²) in [7, 11) is 0.481. The zero-order chi connectivity index (χ0) is 96.3. The first-order chi connectivity index (χ1) is 60.8. The number of likely N-dealkylation sites (tertiary alicyclic amines) is 4. The number of methoxy groups -OCH3 is 2. The highest BCUT2D eigenvalue weighted by Crippen LogP contribution is 2.54. The number of benzene rings is 6. The average molecular weight is 1880 g/mol. The lowest BCUT2D eigenvalue weighted by atomic mass is 9.79. The van der Waals surface area contributed by atoms with Crippen molar-refractivity contribution in [2.75, 3.05) is 79.7 Å². The molecule has 41 heteroatoms. The third-order valence-corrected chi connectivity index (χ3v) is 23.1. The van der Waals surface area contributed by atoms with Crippen LogP contribution >= 0.6 is 10.5 Å². The number of alkyl halides is 15. The van der Waals surface area contributed by atoms with Crippen LogP contribution in [0.4, 0.5) is 94.6 Å². The Kier molecular flexibility index (Phi) is 37.2. The van der Waals surface area contributed by atoms with Gasteiger partial charge >= 0.3 is 84.7 Å². The maximum Gasteiger partial charge on any atom is 0.601 e. The molecule has 6 aromatic carbocycles. The van der Waals surface area contributed by atoms with Gasteiger partial charge in [0.25, 0.3) is 0 Å². The Labute approximate surface area is 742 Å². The van der Waals surface area contributed by atoms with Crippen molar-refractivity contribution in [2.45, 2.75) is 185 Å². The fourth-order valence-electron chi connectivity index (χ4n) is 14.4. The van der Waals surface area contributed by atoms with Crippen molar-refractivity contribution in [1.29, 1.82) is 0 Å². The Morgan fingerprint density at radius 3 is 1.10 bits per heavy atom. The van der Waals surface area contributed by atoms with Crippen LogP contribution in [0.1, 0.15) is 128 Å². The van der Waals surface area contributed by atoms with E-state index in [2.05, 4.69) is 10.1 Å². The minimum absolute atomic E-state index is 0.0368. The van der Waals surface area contributed by atoms with Gasteiger partial charge in [-0.3, -0.25) is 14.4 Å². The second-order valence-corrected chi connectivity index (χ2v) is 34.9. The number of nitrogens with one attached hydrogen (secondary N) is 3. The molecule has 5 aliphatic rings. The number of thiophene rings is 1. The molecule has 5 fully saturated rings. The molecule has 6 amide bonds. The molecule has 25 nitrogen and oxygen atoms in total. The minimum atomic E-state index is -4.93. The van der Waals surface area contributed by atoms with Crippen molar-refractivity contribution in [3.05, 3.63) is 192 Å². The van der Waals surface area contributed by atoms with Crippen LogP contribution in [0.15, 0.2) is 170 Å². The number of hydrogen-bond donors (Lipinski definition) is 4. The maximum absolute atomic E-state index is 13.8. The number of carbonyl (C=O) groups excluding carboxylic acids is 8. The van der Waals surface area contributed by atoms with E-state index in [1.165, 1.54) is 7.11 Å². The highest BCUT2D eigenvalue weighted by molar-refractivity contribution is 7.43. The lowest BCUT2D eigenvalue weighted by molar-refractivity contribution is -0.244. The van der Waals surface area contributed by atoms with Gasteiger partial charge in [-0.2, -0.15) is 52.7 Å². The van der Waals surface area contributed by atoms with Crippen LogP contribution in [0.2, 0.25) is 0 Å². The summed E-state index contributed by atoms with van der Waals surface area (Å²) >= 11 is 0. The Morgan fingerprint density at radius 2 is 0.754 bits per heavy atom. The molecule has 7 aromatic rings. The van der Waals surface area contributed by atoms with E-state index >= 15 is 0 Å². The summed E-state index contributed by atoms with van der Waals surface area (Å²) in [6, 6.07) is 49.3. The van der Waals surface area contributed by atoms with Crippen LogP contribution in [0, 0.1) is 16.7 Å². The van der Waals surface area contributed by atoms with Gasteiger partial charge in [-0.1, -0.05) is 146 Å². The first-order valence-electron chi connectivity index (χ1n) is 41.0. The topological polar surface area (TPSA) is 297 Å². The molecule has 5 aliphatic heterocycles. The Morgan fingerprint density at radius 1 is 0.415 bits per heavy atom. The average Bonchev–Trinajstić information content (AvgIpc) is 1.54. The maximum atomic E-state index is 13.8. The van der Waals surface area contributed by atoms with E-state index in [1.807, 2.05) is 41.0 Å². The fraction of sp³-hybridized carbons (Fsp3) is 0.494. The van der Waals surface area contributed by atoms with Gasteiger partial charge in [-0.25, -0.2) is 28.8 Å². The fourth-order valence-corrected chi connectivity index (χ4v) is 16.4. The summed E-state index contributed by atoms with van der Waals surface area (Å²) in [4.78, 5) is 111. The van der Waals surface area contributed by atoms with E-state index in [0.29, 0.717) is 51.8 Å². The van der Waals surface area contributed by atoms with E-state index in [1.54, 1.807) is 186 Å². The standard InChI is InChI=1S/C19H25F3N2O4.C16H18F3NO4.C15H16F3NO4.C15H19NO4.C13H8F3S.C11H19F3N2O2/c1-17(2,3)28-15(25)23-18(19(20,21)22)10-7-11-24(13-18)16(26)27-12-14-8-5-4-6-9-14;1-23-13(21)15(16(17,18)19)8-5-9-20(11-15)14(22)24-10-12-6-3-2-4-7-12;16-15(17,18)14(12(20)21)7-4-8-19(10-14)13(22)23-9-11-5-2-1-3-6-11;1-19-14(17)13-8-5-9-16(10-13)15(18)20-11-12-6-3-2-4-7-12;14-13(15,16)17-11-7-3-1-5-9(11)10-6-2-4-8-12(10)17;1-9(2,3)18-8(17)16-10(11(12,13)14)5-4-6-15-7-10/h4-6,8-9H,7,10-13H2,1-3H3,(H,23,25);2-4,6-7H,5,8-11H2,1H3;1-3,5-6H,4,7-10H2,(H,20,21);2-4,6-7,13H,5,8-11H2,1H3;1-8H;15H,4-7H2,1-3H3,(H,16,17)/q;;;;+1;. The van der Waals surface area contributed by atoms with Crippen molar-refractivity contribution in [3.63, 3.8) is 0 Å². The Hall–Kier alpha value is -11.5. The number of nitrogens with zero attached hydrogens (tertiary/aromatic N) is 4. The van der Waals surface area contributed by atoms with Gasteiger partial charge in [0.15, 0.2) is 31.3 Å². The SMILES string of the molecule is CC(C)(C)OC(=O)NC1(C(F)(F)F)CCCN(C(=O)OCc2ccccc2)C1.CC(C)(C)OC(=O)NC1(C(F)(F)F)CCCNC1.COC(=O)C1(C(F)(F)F)CCCN(C(=O)OCc2ccccc2)C1.COC(=O)C1CCCN(C(=O)OCc2ccccc2)C1.FC(F)(F)[s+]1c2ccccc2c2ccccc21.O=C(OCc1ccccc1)N1CCCC(C(=O)O)(C(F)(F)F)C1. The van der Waals surface area contributed by atoms with Gasteiger partial charge in [0.05, 0.1) is 26.7 Å². The van der Waals surface area contributed by atoms with Gasteiger partial charge < -0.3 is 78.6 Å². The predicted octanol–water partition coefficient (Wildman–Crippen LogP) is 20.1. The lowest BCUT2D eigenvalue weighted by Crippen LogP contribution is -2.67. The highest BCUT2D eigenvalue weighted by atomic mass is 32.2. The van der Waals surface area contributed by atoms with Gasteiger partial charge in [0.2, 0.25) is 0 Å². The van der Waals surface area contributed by atoms with Crippen molar-refractivity contribution in [3.8, 4) is 0 Å². The number of halogens is 15. The number of piperidine rings is 5. The molecule has 6 heterocycles. The second kappa shape index (κ2) is 45.8. The molecule has 714 valence electrons. The van der Waals surface area contributed by atoms with Crippen LogP contribution < -0.4 is 16.0 Å². The molecule has 1 aromatic heterocycles. The summed E-state index contributed by atoms with van der Waals surface area (Å²) < 4.78 is 240. The normalized spacial score (nSPS) is 20.2. The number of esters is 2. The van der Waals surface area contributed by atoms with Crippen molar-refractivity contribution in [1.82, 2.24) is 35.6 Å². The molecule has 0 aliphatic carbocycles. The van der Waals surface area contributed by atoms with E-state index in [9.17, 15) is 109 Å². The molecule has 130 heavy (non-hydrogen) atoms. The molecule has 5 atom stereocenters. The van der Waals surface area contributed by atoms with Gasteiger partial charge in [-0.15, -0.1) is 13.2 Å². The summed E-state index contributed by atoms with van der Waals surface area (Å²) in [6.07, 6.45) is -23.8. The summed E-state index contributed by atoms with van der Waals surface area (Å²) in [5, 5.41) is 17.0. The zero-order valence-corrected chi connectivity index (χ0v) is 73.3. The second-order valence-electron chi connectivity index (χ2n) is 32.9. The molecule has 5 unspecified atom stereocenters. The van der Waals surface area contributed by atoms with Crippen LogP contribution in [0.5, 0.6) is 0 Å². The van der Waals surface area contributed by atoms with Gasteiger partial charge in [0, 0.05) is 63.1 Å². The molecule has 5 saturated heterocycles. The minimum Gasteiger partial charge on any atom is -0.481 e. The number of fused-ring (bicyclic) bond motifs is 3. The number of hydrogen-bond acceptors (Lipinski definition) is 18. The van der Waals surface area contributed by atoms with E-state index < -0.39 is 149 Å². The van der Waals surface area contributed by atoms with Crippen LogP contribution in [-0.2, 0) is 84.2 Å².